The molecule has 12 heteroatoms. The molecule has 2 rings (SSSR count). The Morgan fingerprint density at radius 3 is 1.67 bits per heavy atom. The lowest BCUT2D eigenvalue weighted by molar-refractivity contribution is 0.378. The minimum absolute atomic E-state index is 0.239. The molecule has 0 fully saturated rings. The van der Waals surface area contributed by atoms with Crippen LogP contribution in [0, 0.1) is 0 Å². The summed E-state index contributed by atoms with van der Waals surface area (Å²) in [5.74, 6) is 0.239. The van der Waals surface area contributed by atoms with Crippen LogP contribution in [0.25, 0.3) is 10.9 Å². The predicted molar refractivity (Wildman–Crippen MR) is 71.8 cm³/mol. The molecule has 0 aliphatic heterocycles. The van der Waals surface area contributed by atoms with E-state index in [0.717, 1.165) is 5.39 Å². The van der Waals surface area contributed by atoms with Gasteiger partial charge in [-0.3, -0.25) is 23.2 Å². The van der Waals surface area contributed by atoms with Crippen LogP contribution in [-0.2, 0) is 20.8 Å². The molecule has 21 heavy (non-hydrogen) atoms. The SMILES string of the molecule is O=S(=O)(O)O.O=S(=O)(O)O.Oc1cccc2cccnc12. The summed E-state index contributed by atoms with van der Waals surface area (Å²) in [4.78, 5) is 4.03. The second-order valence-electron chi connectivity index (χ2n) is 3.25. The molecule has 5 N–H and O–H groups in total. The van der Waals surface area contributed by atoms with Crippen LogP contribution in [0.15, 0.2) is 36.5 Å². The van der Waals surface area contributed by atoms with Crippen molar-refractivity contribution in [1.82, 2.24) is 4.98 Å². The zero-order chi connectivity index (χ0) is 16.7. The molecule has 118 valence electrons. The zero-order valence-electron chi connectivity index (χ0n) is 10.1. The normalized spacial score (nSPS) is 10.9. The van der Waals surface area contributed by atoms with Crippen molar-refractivity contribution < 1.29 is 40.2 Å². The molecule has 0 aliphatic rings. The number of aromatic hydroxyl groups is 1. The van der Waals surface area contributed by atoms with Gasteiger partial charge in [-0.25, -0.2) is 0 Å². The summed E-state index contributed by atoms with van der Waals surface area (Å²) >= 11 is 0. The van der Waals surface area contributed by atoms with Gasteiger partial charge in [-0.1, -0.05) is 18.2 Å². The number of fused-ring (bicyclic) bond motifs is 1. The average Bonchev–Trinajstić information content (AvgIpc) is 2.25. The fourth-order valence-corrected chi connectivity index (χ4v) is 1.09. The quantitative estimate of drug-likeness (QED) is 0.426. The lowest BCUT2D eigenvalue weighted by Crippen LogP contribution is -1.89. The molecule has 0 saturated heterocycles. The van der Waals surface area contributed by atoms with Gasteiger partial charge in [0.1, 0.15) is 11.3 Å². The number of benzene rings is 1. The van der Waals surface area contributed by atoms with E-state index in [1.165, 1.54) is 0 Å². The fourth-order valence-electron chi connectivity index (χ4n) is 1.09. The van der Waals surface area contributed by atoms with E-state index in [0.29, 0.717) is 5.52 Å². The lowest BCUT2D eigenvalue weighted by atomic mass is 10.2. The van der Waals surface area contributed by atoms with Gasteiger partial charge in [0.15, 0.2) is 0 Å². The highest BCUT2D eigenvalue weighted by Gasteiger charge is 1.96. The smallest absolute Gasteiger partial charge is 0.394 e. The number of hydrogen-bond donors (Lipinski definition) is 5. The molecule has 0 aliphatic carbocycles. The van der Waals surface area contributed by atoms with E-state index in [-0.39, 0.29) is 5.75 Å². The summed E-state index contributed by atoms with van der Waals surface area (Å²) < 4.78 is 63.2. The van der Waals surface area contributed by atoms with Crippen molar-refractivity contribution in [3.8, 4) is 5.75 Å². The summed E-state index contributed by atoms with van der Waals surface area (Å²) in [7, 11) is -9.33. The molecule has 0 bridgehead atoms. The van der Waals surface area contributed by atoms with Crippen molar-refractivity contribution in [1.29, 1.82) is 0 Å². The van der Waals surface area contributed by atoms with Gasteiger partial charge in [-0.15, -0.1) is 0 Å². The second-order valence-corrected chi connectivity index (χ2v) is 5.04. The number of rotatable bonds is 0. The van der Waals surface area contributed by atoms with Crippen LogP contribution in [0.4, 0.5) is 0 Å². The first-order chi connectivity index (χ1) is 9.38. The van der Waals surface area contributed by atoms with Gasteiger partial charge in [0, 0.05) is 11.6 Å². The van der Waals surface area contributed by atoms with E-state index in [2.05, 4.69) is 4.98 Å². The Morgan fingerprint density at radius 2 is 1.24 bits per heavy atom. The largest absolute Gasteiger partial charge is 0.506 e. The third-order valence-electron chi connectivity index (χ3n) is 1.61. The van der Waals surface area contributed by atoms with Gasteiger partial charge in [-0.2, -0.15) is 16.8 Å². The van der Waals surface area contributed by atoms with Gasteiger partial charge in [0.05, 0.1) is 0 Å². The molecule has 0 spiro atoms. The first-order valence-corrected chi connectivity index (χ1v) is 7.60. The maximum atomic E-state index is 9.31. The van der Waals surface area contributed by atoms with E-state index in [4.69, 9.17) is 35.0 Å². The molecule has 10 nitrogen and oxygen atoms in total. The van der Waals surface area contributed by atoms with Gasteiger partial charge in [-0.05, 0) is 12.1 Å². The summed E-state index contributed by atoms with van der Waals surface area (Å²) in [5.41, 5.74) is 0.662. The lowest BCUT2D eigenvalue weighted by Gasteiger charge is -1.96. The predicted octanol–water partition coefficient (Wildman–Crippen LogP) is 0.635. The molecular formula is C9H11NO9S2. The summed E-state index contributed by atoms with van der Waals surface area (Å²) in [6, 6.07) is 9.13. The topological polar surface area (TPSA) is 182 Å². The molecule has 2 aromatic rings. The van der Waals surface area contributed by atoms with Crippen LogP contribution in [0.5, 0.6) is 5.75 Å². The van der Waals surface area contributed by atoms with Gasteiger partial charge in [0.25, 0.3) is 0 Å². The van der Waals surface area contributed by atoms with E-state index in [9.17, 15) is 5.11 Å². The number of aromatic nitrogens is 1. The van der Waals surface area contributed by atoms with Crippen molar-refractivity contribution >= 4 is 31.7 Å². The van der Waals surface area contributed by atoms with Crippen molar-refractivity contribution in [3.05, 3.63) is 36.5 Å². The van der Waals surface area contributed by atoms with E-state index < -0.39 is 20.8 Å². The van der Waals surface area contributed by atoms with Gasteiger partial charge in [0.2, 0.25) is 0 Å². The van der Waals surface area contributed by atoms with Crippen molar-refractivity contribution in [3.63, 3.8) is 0 Å². The maximum Gasteiger partial charge on any atom is 0.394 e. The zero-order valence-corrected chi connectivity index (χ0v) is 11.7. The molecule has 0 amide bonds. The average molecular weight is 341 g/mol. The molecule has 0 unspecified atom stereocenters. The number of para-hydroxylation sites is 1. The Kier molecular flexibility index (Phi) is 7.14. The summed E-state index contributed by atoms with van der Waals surface area (Å²) in [6.07, 6.45) is 1.67. The van der Waals surface area contributed by atoms with E-state index in [1.807, 2.05) is 18.2 Å². The molecule has 0 atom stereocenters. The van der Waals surface area contributed by atoms with Crippen LogP contribution in [0.2, 0.25) is 0 Å². The molecule has 1 heterocycles. The van der Waals surface area contributed by atoms with Crippen LogP contribution >= 0.6 is 0 Å². The Bertz CT molecular complexity index is 734. The number of pyridine rings is 1. The minimum atomic E-state index is -4.67. The van der Waals surface area contributed by atoms with Crippen LogP contribution < -0.4 is 0 Å². The number of phenolic OH excluding ortho intramolecular Hbond substituents is 1. The number of nitrogens with zero attached hydrogens (tertiary/aromatic N) is 1. The van der Waals surface area contributed by atoms with Gasteiger partial charge >= 0.3 is 20.8 Å². The van der Waals surface area contributed by atoms with Crippen LogP contribution in [-0.4, -0.2) is 45.1 Å². The Balaban J connectivity index is 0.000000340. The third kappa shape index (κ3) is 12.9. The standard InChI is InChI=1S/C9H7NO.2H2O4S/c11-8-5-1-3-7-4-2-6-10-9(7)8;2*1-5(2,3)4/h1-6,11H;2*(H2,1,2,3,4). The van der Waals surface area contributed by atoms with E-state index in [1.54, 1.807) is 18.3 Å². The highest BCUT2D eigenvalue weighted by Crippen LogP contribution is 2.20. The third-order valence-corrected chi connectivity index (χ3v) is 1.61. The molecule has 1 aromatic carbocycles. The van der Waals surface area contributed by atoms with E-state index >= 15 is 0 Å². The first kappa shape index (κ1) is 19.2. The monoisotopic (exact) mass is 341 g/mol. The summed E-state index contributed by atoms with van der Waals surface area (Å²) in [5, 5.41) is 10.3. The molecule has 0 radical (unpaired) electrons. The first-order valence-electron chi connectivity index (χ1n) is 4.80. The van der Waals surface area contributed by atoms with Crippen LogP contribution in [0.1, 0.15) is 0 Å². The maximum absolute atomic E-state index is 9.31. The molecule has 0 saturated carbocycles. The Morgan fingerprint density at radius 1 is 0.810 bits per heavy atom. The second kappa shape index (κ2) is 7.82. The Labute approximate surface area is 119 Å². The Hall–Kier alpha value is -1.83. The van der Waals surface area contributed by atoms with Crippen molar-refractivity contribution in [2.45, 2.75) is 0 Å². The number of phenols is 1. The van der Waals surface area contributed by atoms with Crippen molar-refractivity contribution in [2.75, 3.05) is 0 Å². The van der Waals surface area contributed by atoms with Gasteiger partial charge < -0.3 is 5.11 Å². The minimum Gasteiger partial charge on any atom is -0.506 e. The van der Waals surface area contributed by atoms with Crippen molar-refractivity contribution in [2.24, 2.45) is 0 Å². The summed E-state index contributed by atoms with van der Waals surface area (Å²) in [6.45, 7) is 0. The highest BCUT2D eigenvalue weighted by molar-refractivity contribution is 7.80. The molecular weight excluding hydrogens is 330 g/mol. The molecule has 1 aromatic heterocycles. The van der Waals surface area contributed by atoms with Crippen LogP contribution in [0.3, 0.4) is 0 Å². The fraction of sp³-hybridized carbons (Fsp3) is 0. The number of hydrogen-bond acceptors (Lipinski definition) is 6. The highest BCUT2D eigenvalue weighted by atomic mass is 32.3.